The minimum Gasteiger partial charge on any atom is -0.666 e. The summed E-state index contributed by atoms with van der Waals surface area (Å²) in [7, 11) is -0.446. The predicted octanol–water partition coefficient (Wildman–Crippen LogP) is 5.79. The van der Waals surface area contributed by atoms with Crippen molar-refractivity contribution in [2.24, 2.45) is 0 Å². The Morgan fingerprint density at radius 2 is 0.938 bits per heavy atom. The maximum absolute atomic E-state index is 3.84. The smallest absolute Gasteiger partial charge is 0.0397 e. The largest absolute Gasteiger partial charge is 0.666 e. The van der Waals surface area contributed by atoms with E-state index in [4.69, 9.17) is 0 Å². The van der Waals surface area contributed by atoms with Gasteiger partial charge in [0.05, 0.1) is 0 Å². The molecule has 32 heavy (non-hydrogen) atoms. The molecule has 0 saturated carbocycles. The molecule has 1 aliphatic heterocycles. The van der Waals surface area contributed by atoms with Crippen LogP contribution in [-0.4, -0.2) is 0 Å². The zero-order valence-corrected chi connectivity index (χ0v) is 21.5. The van der Waals surface area contributed by atoms with Gasteiger partial charge in [0.1, 0.15) is 0 Å². The van der Waals surface area contributed by atoms with Crippen molar-refractivity contribution in [2.75, 3.05) is 4.90 Å². The van der Waals surface area contributed by atoms with Gasteiger partial charge in [-0.25, -0.2) is 0 Å². The number of benzene rings is 4. The SMILES string of the molecule is [Au].[C]1[N-]C=CN1c1ccccc1.[Mn].c1ccc(P(c2ccccc2)c2ccccc2)cc1. The Hall–Kier alpha value is -2.09. The van der Waals surface area contributed by atoms with Gasteiger partial charge in [0.2, 0.25) is 0 Å². The molecule has 0 saturated heterocycles. The molecule has 0 aromatic heterocycles. The van der Waals surface area contributed by atoms with E-state index in [-0.39, 0.29) is 39.4 Å². The fourth-order valence-electron chi connectivity index (χ4n) is 3.14. The third-order valence-electron chi connectivity index (χ3n) is 4.53. The molecular formula is C27H22AuMnN2P-. The third kappa shape index (κ3) is 7.22. The van der Waals surface area contributed by atoms with Crippen LogP contribution in [0.2, 0.25) is 0 Å². The molecule has 1 aliphatic rings. The summed E-state index contributed by atoms with van der Waals surface area (Å²) in [4.78, 5) is 1.85. The third-order valence-corrected chi connectivity index (χ3v) is 6.98. The summed E-state index contributed by atoms with van der Waals surface area (Å²) in [6, 6.07) is 42.3. The Morgan fingerprint density at radius 1 is 0.562 bits per heavy atom. The van der Waals surface area contributed by atoms with Crippen LogP contribution in [0.5, 0.6) is 0 Å². The summed E-state index contributed by atoms with van der Waals surface area (Å²) in [5.41, 5.74) is 1.09. The maximum Gasteiger partial charge on any atom is 0.0397 e. The Kier molecular flexibility index (Phi) is 11.6. The normalized spacial score (nSPS) is 11.5. The molecule has 0 amide bonds. The van der Waals surface area contributed by atoms with Crippen molar-refractivity contribution in [1.29, 1.82) is 0 Å². The molecule has 0 spiro atoms. The molecule has 1 heterocycles. The van der Waals surface area contributed by atoms with Crippen LogP contribution in [0.15, 0.2) is 134 Å². The van der Waals surface area contributed by atoms with Gasteiger partial charge < -0.3 is 10.2 Å². The van der Waals surface area contributed by atoms with Crippen molar-refractivity contribution < 1.29 is 39.4 Å². The predicted molar refractivity (Wildman–Crippen MR) is 130 cm³/mol. The van der Waals surface area contributed by atoms with Gasteiger partial charge >= 0.3 is 0 Å². The zero-order chi connectivity index (χ0) is 20.4. The van der Waals surface area contributed by atoms with Crippen LogP contribution in [0.4, 0.5) is 5.69 Å². The Labute approximate surface area is 218 Å². The van der Waals surface area contributed by atoms with E-state index in [0.717, 1.165) is 5.69 Å². The number of para-hydroxylation sites is 1. The molecule has 4 radical (unpaired) electrons. The first-order valence-electron chi connectivity index (χ1n) is 9.83. The van der Waals surface area contributed by atoms with Gasteiger partial charge in [0.25, 0.3) is 0 Å². The van der Waals surface area contributed by atoms with Crippen LogP contribution in [0, 0.1) is 6.67 Å². The molecule has 5 rings (SSSR count). The number of hydrogen-bond acceptors (Lipinski definition) is 1. The van der Waals surface area contributed by atoms with E-state index in [1.807, 2.05) is 41.4 Å². The van der Waals surface area contributed by atoms with E-state index in [1.165, 1.54) is 15.9 Å². The fourth-order valence-corrected chi connectivity index (χ4v) is 5.44. The minimum atomic E-state index is -0.446. The molecule has 4 aromatic carbocycles. The summed E-state index contributed by atoms with van der Waals surface area (Å²) in [5, 5.41) is 8.03. The van der Waals surface area contributed by atoms with Crippen molar-refractivity contribution in [2.45, 2.75) is 0 Å². The number of hydrogen-bond donors (Lipinski definition) is 0. The van der Waals surface area contributed by atoms with E-state index >= 15 is 0 Å². The Bertz CT molecular complexity index is 954. The Morgan fingerprint density at radius 3 is 1.28 bits per heavy atom. The van der Waals surface area contributed by atoms with Crippen LogP contribution in [0.25, 0.3) is 5.32 Å². The maximum atomic E-state index is 3.84. The average Bonchev–Trinajstić information content (AvgIpc) is 3.38. The summed E-state index contributed by atoms with van der Waals surface area (Å²) in [5.74, 6) is 0. The quantitative estimate of drug-likeness (QED) is 0.201. The standard InChI is InChI=1S/C18H15P.C9H7N2.Au.Mn/c1-4-10-16(11-5-1)19(17-12-6-2-7-13-17)18-14-8-3-9-15-18;1-2-4-9(5-3-1)11-7-6-10-8-11;;/h1-15H;1-7H;;/q;-1;;. The number of anilines is 1. The van der Waals surface area contributed by atoms with E-state index in [2.05, 4.69) is 103 Å². The van der Waals surface area contributed by atoms with E-state index < -0.39 is 7.92 Å². The average molecular weight is 657 g/mol. The fraction of sp³-hybridized carbons (Fsp3) is 0. The molecule has 4 aromatic rings. The van der Waals surface area contributed by atoms with E-state index in [0.29, 0.717) is 0 Å². The summed E-state index contributed by atoms with van der Waals surface area (Å²) < 4.78 is 0. The van der Waals surface area contributed by atoms with Crippen molar-refractivity contribution in [3.8, 4) is 0 Å². The minimum absolute atomic E-state index is 0. The molecule has 0 aliphatic carbocycles. The van der Waals surface area contributed by atoms with Crippen LogP contribution in [0.3, 0.4) is 0 Å². The van der Waals surface area contributed by atoms with Crippen molar-refractivity contribution in [3.05, 3.63) is 146 Å². The topological polar surface area (TPSA) is 17.3 Å². The van der Waals surface area contributed by atoms with Crippen molar-refractivity contribution in [1.82, 2.24) is 0 Å². The first-order chi connectivity index (χ1) is 14.9. The summed E-state index contributed by atoms with van der Waals surface area (Å²) in [6.45, 7) is 2.82. The van der Waals surface area contributed by atoms with Gasteiger partial charge in [-0.3, -0.25) is 0 Å². The molecule has 164 valence electrons. The second-order valence-electron chi connectivity index (χ2n) is 6.57. The molecule has 0 unspecified atom stereocenters. The van der Waals surface area contributed by atoms with Gasteiger partial charge in [-0.05, 0) is 48.8 Å². The first-order valence-corrected chi connectivity index (χ1v) is 11.2. The molecule has 0 fully saturated rings. The summed E-state index contributed by atoms with van der Waals surface area (Å²) >= 11 is 0. The molecule has 0 atom stereocenters. The Balaban J connectivity index is 0.000000241. The van der Waals surface area contributed by atoms with E-state index in [1.54, 1.807) is 6.20 Å². The zero-order valence-electron chi connectivity index (χ0n) is 17.2. The van der Waals surface area contributed by atoms with Crippen LogP contribution >= 0.6 is 7.92 Å². The van der Waals surface area contributed by atoms with Crippen LogP contribution < -0.4 is 20.8 Å². The second-order valence-corrected chi connectivity index (χ2v) is 8.79. The van der Waals surface area contributed by atoms with Crippen molar-refractivity contribution >= 4 is 29.5 Å². The second kappa shape index (κ2) is 14.1. The van der Waals surface area contributed by atoms with Crippen LogP contribution in [0.1, 0.15) is 0 Å². The summed E-state index contributed by atoms with van der Waals surface area (Å²) in [6.07, 6.45) is 3.59. The van der Waals surface area contributed by atoms with E-state index in [9.17, 15) is 0 Å². The molecule has 2 nitrogen and oxygen atoms in total. The van der Waals surface area contributed by atoms with Gasteiger partial charge in [-0.1, -0.05) is 109 Å². The number of nitrogens with zero attached hydrogens (tertiary/aromatic N) is 2. The molecular weight excluding hydrogens is 635 g/mol. The van der Waals surface area contributed by atoms with Gasteiger partial charge in [0, 0.05) is 45.1 Å². The molecule has 0 N–H and O–H groups in total. The molecule has 5 heteroatoms. The first kappa shape index (κ1) is 26.2. The monoisotopic (exact) mass is 657 g/mol. The van der Waals surface area contributed by atoms with Gasteiger partial charge in [-0.15, -0.1) is 0 Å². The van der Waals surface area contributed by atoms with Gasteiger partial charge in [-0.2, -0.15) is 6.20 Å². The molecule has 0 bridgehead atoms. The number of rotatable bonds is 4. The van der Waals surface area contributed by atoms with Crippen molar-refractivity contribution in [3.63, 3.8) is 0 Å². The van der Waals surface area contributed by atoms with Gasteiger partial charge in [0.15, 0.2) is 0 Å². The van der Waals surface area contributed by atoms with Crippen LogP contribution in [-0.2, 0) is 39.4 Å².